The van der Waals surface area contributed by atoms with Crippen LogP contribution in [0.1, 0.15) is 31.0 Å². The molecule has 1 heterocycles. The zero-order chi connectivity index (χ0) is 20.1. The van der Waals surface area contributed by atoms with Gasteiger partial charge in [0.25, 0.3) is 10.0 Å². The molecule has 3 rings (SSSR count). The molecule has 0 aliphatic carbocycles. The van der Waals surface area contributed by atoms with Crippen LogP contribution in [0.25, 0.3) is 0 Å². The van der Waals surface area contributed by atoms with Gasteiger partial charge in [0.15, 0.2) is 0 Å². The zero-order valence-electron chi connectivity index (χ0n) is 16.8. The fraction of sp³-hybridized carbons (Fsp3) is 0.429. The van der Waals surface area contributed by atoms with Gasteiger partial charge in [-0.15, -0.1) is 0 Å². The molecule has 0 saturated carbocycles. The number of benzene rings is 2. The lowest BCUT2D eigenvalue weighted by molar-refractivity contribution is -0.0772. The number of piperazine rings is 1. The monoisotopic (exact) mass is 403 g/mol. The molecule has 2 aromatic carbocycles. The van der Waals surface area contributed by atoms with Crippen LogP contribution in [0.4, 0.5) is 5.69 Å². The number of nitrogens with one attached hydrogen (secondary N) is 1. The van der Waals surface area contributed by atoms with Gasteiger partial charge in [-0.25, -0.2) is 8.42 Å². The summed E-state index contributed by atoms with van der Waals surface area (Å²) in [5, 5.41) is 3.35. The maximum absolute atomic E-state index is 13.3. The summed E-state index contributed by atoms with van der Waals surface area (Å²) in [5.74, 6) is 0. The Morgan fingerprint density at radius 3 is 2.43 bits per heavy atom. The Balaban J connectivity index is 1.93. The van der Waals surface area contributed by atoms with Crippen molar-refractivity contribution in [1.82, 2.24) is 9.79 Å². The van der Waals surface area contributed by atoms with Gasteiger partial charge < -0.3 is 10.2 Å². The number of sulfonamides is 1. The molecule has 0 amide bonds. The minimum absolute atomic E-state index is 0.257. The second-order valence-corrected chi connectivity index (χ2v) is 8.69. The highest BCUT2D eigenvalue weighted by Gasteiger charge is 2.31. The first kappa shape index (κ1) is 20.8. The zero-order valence-corrected chi connectivity index (χ0v) is 17.6. The highest BCUT2D eigenvalue weighted by Crippen LogP contribution is 2.31. The molecule has 7 heteroatoms. The van der Waals surface area contributed by atoms with E-state index in [9.17, 15) is 8.42 Å². The molecule has 0 bridgehead atoms. The van der Waals surface area contributed by atoms with Gasteiger partial charge in [0.05, 0.1) is 18.0 Å². The van der Waals surface area contributed by atoms with E-state index >= 15 is 0 Å². The van der Waals surface area contributed by atoms with E-state index in [-0.39, 0.29) is 4.90 Å². The summed E-state index contributed by atoms with van der Waals surface area (Å²) in [7, 11) is -2.40. The van der Waals surface area contributed by atoms with E-state index < -0.39 is 16.1 Å². The fourth-order valence-electron chi connectivity index (χ4n) is 3.64. The Bertz CT molecular complexity index is 881. The first-order chi connectivity index (χ1) is 13.5. The Kier molecular flexibility index (Phi) is 6.72. The standard InChI is InChI=1S/C21H29N3O3S/c1-4-18-16-20(10-11-21(18)23-14-12-22-13-15-23)28(25,26)24(27-3)17(2)19-8-6-5-7-9-19/h5-11,16-17,22H,4,12-15H2,1-3H3. The largest absolute Gasteiger partial charge is 0.369 e. The van der Waals surface area contributed by atoms with Crippen LogP contribution in [-0.4, -0.2) is 46.2 Å². The van der Waals surface area contributed by atoms with E-state index in [1.54, 1.807) is 12.1 Å². The van der Waals surface area contributed by atoms with E-state index in [1.807, 2.05) is 43.3 Å². The van der Waals surface area contributed by atoms with Gasteiger partial charge >= 0.3 is 0 Å². The molecule has 1 N–H and O–H groups in total. The Morgan fingerprint density at radius 1 is 1.14 bits per heavy atom. The van der Waals surface area contributed by atoms with Crippen molar-refractivity contribution < 1.29 is 13.3 Å². The van der Waals surface area contributed by atoms with Crippen molar-refractivity contribution in [3.8, 4) is 0 Å². The average molecular weight is 404 g/mol. The summed E-state index contributed by atoms with van der Waals surface area (Å²) < 4.78 is 27.7. The Hall–Kier alpha value is -1.93. The molecule has 1 aliphatic heterocycles. The molecule has 0 radical (unpaired) electrons. The van der Waals surface area contributed by atoms with Crippen molar-refractivity contribution in [3.05, 3.63) is 59.7 Å². The van der Waals surface area contributed by atoms with Gasteiger partial charge in [0.2, 0.25) is 0 Å². The molecule has 1 unspecified atom stereocenters. The van der Waals surface area contributed by atoms with E-state index in [0.29, 0.717) is 0 Å². The van der Waals surface area contributed by atoms with Gasteiger partial charge in [-0.2, -0.15) is 0 Å². The third kappa shape index (κ3) is 4.22. The summed E-state index contributed by atoms with van der Waals surface area (Å²) in [6.07, 6.45) is 0.768. The summed E-state index contributed by atoms with van der Waals surface area (Å²) in [4.78, 5) is 7.90. The number of rotatable bonds is 7. The van der Waals surface area contributed by atoms with Crippen molar-refractivity contribution in [2.24, 2.45) is 0 Å². The van der Waals surface area contributed by atoms with E-state index in [2.05, 4.69) is 17.1 Å². The Labute approximate surface area is 168 Å². The molecule has 152 valence electrons. The summed E-state index contributed by atoms with van der Waals surface area (Å²) in [6, 6.07) is 14.5. The molecule has 1 saturated heterocycles. The van der Waals surface area contributed by atoms with Crippen LogP contribution in [0.15, 0.2) is 53.4 Å². The van der Waals surface area contributed by atoms with Crippen LogP contribution in [0.5, 0.6) is 0 Å². The third-order valence-electron chi connectivity index (χ3n) is 5.20. The molecular weight excluding hydrogens is 374 g/mol. The van der Waals surface area contributed by atoms with Crippen molar-refractivity contribution in [2.75, 3.05) is 38.2 Å². The first-order valence-corrected chi connectivity index (χ1v) is 11.1. The lowest BCUT2D eigenvalue weighted by Crippen LogP contribution is -2.43. The minimum atomic E-state index is -3.80. The predicted molar refractivity (Wildman–Crippen MR) is 112 cm³/mol. The predicted octanol–water partition coefficient (Wildman–Crippen LogP) is 2.97. The highest BCUT2D eigenvalue weighted by atomic mass is 32.2. The van der Waals surface area contributed by atoms with Crippen molar-refractivity contribution in [3.63, 3.8) is 0 Å². The SMILES string of the molecule is CCc1cc(S(=O)(=O)N(OC)C(C)c2ccccc2)ccc1N1CCNCC1. The molecule has 1 aliphatic rings. The average Bonchev–Trinajstić information content (AvgIpc) is 2.74. The topological polar surface area (TPSA) is 61.9 Å². The minimum Gasteiger partial charge on any atom is -0.369 e. The van der Waals surface area contributed by atoms with Gasteiger partial charge in [-0.05, 0) is 42.7 Å². The van der Waals surface area contributed by atoms with Crippen LogP contribution in [0.3, 0.4) is 0 Å². The van der Waals surface area contributed by atoms with Crippen LogP contribution in [0.2, 0.25) is 0 Å². The summed E-state index contributed by atoms with van der Waals surface area (Å²) in [6.45, 7) is 7.61. The lowest BCUT2D eigenvalue weighted by Gasteiger charge is -2.32. The summed E-state index contributed by atoms with van der Waals surface area (Å²) >= 11 is 0. The van der Waals surface area contributed by atoms with E-state index in [1.165, 1.54) is 7.11 Å². The van der Waals surface area contributed by atoms with E-state index in [4.69, 9.17) is 4.84 Å². The number of aryl methyl sites for hydroxylation is 1. The maximum Gasteiger partial charge on any atom is 0.265 e. The molecule has 28 heavy (non-hydrogen) atoms. The number of hydrogen-bond donors (Lipinski definition) is 1. The highest BCUT2D eigenvalue weighted by molar-refractivity contribution is 7.89. The second kappa shape index (κ2) is 9.05. The lowest BCUT2D eigenvalue weighted by atomic mass is 10.1. The van der Waals surface area contributed by atoms with Crippen molar-refractivity contribution in [1.29, 1.82) is 0 Å². The quantitative estimate of drug-likeness (QED) is 0.720. The first-order valence-electron chi connectivity index (χ1n) is 9.71. The van der Waals surface area contributed by atoms with Crippen LogP contribution < -0.4 is 10.2 Å². The molecule has 0 aromatic heterocycles. The molecule has 0 spiro atoms. The van der Waals surface area contributed by atoms with Crippen molar-refractivity contribution in [2.45, 2.75) is 31.2 Å². The van der Waals surface area contributed by atoms with Gasteiger partial charge in [0, 0.05) is 31.9 Å². The van der Waals surface area contributed by atoms with Gasteiger partial charge in [-0.1, -0.05) is 41.7 Å². The van der Waals surface area contributed by atoms with Gasteiger partial charge in [0.1, 0.15) is 0 Å². The van der Waals surface area contributed by atoms with Gasteiger partial charge in [-0.3, -0.25) is 4.84 Å². The third-order valence-corrected chi connectivity index (χ3v) is 6.99. The molecule has 6 nitrogen and oxygen atoms in total. The number of hydroxylamine groups is 1. The van der Waals surface area contributed by atoms with E-state index in [0.717, 1.165) is 53.9 Å². The smallest absolute Gasteiger partial charge is 0.265 e. The molecule has 1 fully saturated rings. The maximum atomic E-state index is 13.3. The van der Waals surface area contributed by atoms with Crippen molar-refractivity contribution >= 4 is 15.7 Å². The number of hydrogen-bond acceptors (Lipinski definition) is 5. The van der Waals surface area contributed by atoms with Crippen LogP contribution >= 0.6 is 0 Å². The summed E-state index contributed by atoms with van der Waals surface area (Å²) in [5.41, 5.74) is 3.02. The molecular formula is C21H29N3O3S. The molecule has 2 aromatic rings. The Morgan fingerprint density at radius 2 is 1.82 bits per heavy atom. The number of nitrogens with zero attached hydrogens (tertiary/aromatic N) is 2. The number of anilines is 1. The second-order valence-electron chi connectivity index (χ2n) is 6.91. The molecule has 1 atom stereocenters. The van der Waals surface area contributed by atoms with Crippen LogP contribution in [-0.2, 0) is 21.3 Å². The fourth-order valence-corrected chi connectivity index (χ4v) is 5.11. The van der Waals surface area contributed by atoms with Crippen LogP contribution in [0, 0.1) is 0 Å². The normalized spacial score (nSPS) is 16.4.